The molecule has 0 unspecified atom stereocenters. The van der Waals surface area contributed by atoms with E-state index in [1.807, 2.05) is 54.6 Å². The maximum absolute atomic E-state index is 11.8. The maximum atomic E-state index is 11.8. The molecule has 2 aliphatic rings. The Morgan fingerprint density at radius 1 is 0.773 bits per heavy atom. The molecule has 8 rings (SSSR count). The van der Waals surface area contributed by atoms with Crippen LogP contribution in [0, 0.1) is 11.8 Å². The highest BCUT2D eigenvalue weighted by atomic mass is 32.1. The van der Waals surface area contributed by atoms with Crippen LogP contribution in [0.1, 0.15) is 40.2 Å². The van der Waals surface area contributed by atoms with Crippen LogP contribution in [0.25, 0.3) is 32.4 Å². The summed E-state index contributed by atoms with van der Waals surface area (Å²) in [5, 5.41) is 23.5. The number of pyridine rings is 2. The van der Waals surface area contributed by atoms with Crippen molar-refractivity contribution in [3.8, 4) is 21.1 Å². The summed E-state index contributed by atoms with van der Waals surface area (Å²) in [5.74, 6) is 0.863. The summed E-state index contributed by atoms with van der Waals surface area (Å²) in [6.07, 6.45) is 4.60. The minimum absolute atomic E-state index is 0.00357. The number of aliphatic hydroxyl groups is 1. The molecule has 3 N–H and O–H groups in total. The second-order valence-electron chi connectivity index (χ2n) is 10.5. The summed E-state index contributed by atoms with van der Waals surface area (Å²) in [7, 11) is 0. The first-order valence-corrected chi connectivity index (χ1v) is 15.7. The molecule has 12 nitrogen and oxygen atoms in total. The van der Waals surface area contributed by atoms with E-state index in [4.69, 9.17) is 0 Å². The van der Waals surface area contributed by atoms with Crippen molar-refractivity contribution < 1.29 is 19.5 Å². The lowest BCUT2D eigenvalue weighted by atomic mass is 10.3. The average Bonchev–Trinajstić information content (AvgIpc) is 3.86. The Hall–Kier alpha value is -4.79. The maximum Gasteiger partial charge on any atom is 0.249 e. The van der Waals surface area contributed by atoms with Crippen molar-refractivity contribution in [1.29, 1.82) is 0 Å². The monoisotopic (exact) mass is 626 g/mol. The fraction of sp³-hybridized carbons (Fsp3) is 0.233. The highest BCUT2D eigenvalue weighted by molar-refractivity contribution is 7.17. The van der Waals surface area contributed by atoms with E-state index >= 15 is 0 Å². The van der Waals surface area contributed by atoms with Gasteiger partial charge in [-0.2, -0.15) is 9.97 Å². The molecule has 6 aromatic heterocycles. The molecule has 2 saturated carbocycles. The van der Waals surface area contributed by atoms with Crippen LogP contribution < -0.4 is 10.6 Å². The van der Waals surface area contributed by atoms with E-state index in [9.17, 15) is 19.5 Å². The summed E-state index contributed by atoms with van der Waals surface area (Å²) >= 11 is 2.91. The number of carbonyl (C=O) groups is 3. The van der Waals surface area contributed by atoms with Gasteiger partial charge in [-0.1, -0.05) is 12.1 Å². The third-order valence-electron chi connectivity index (χ3n) is 7.15. The minimum atomic E-state index is -0.0168. The number of aromatic nitrogens is 6. The Bertz CT molecular complexity index is 2020. The number of rotatable bonds is 8. The summed E-state index contributed by atoms with van der Waals surface area (Å²) in [4.78, 5) is 46.6. The minimum Gasteiger partial charge on any atom is -0.391 e. The molecule has 0 radical (unpaired) electrons. The first kappa shape index (κ1) is 28.0. The van der Waals surface area contributed by atoms with Crippen molar-refractivity contribution in [2.45, 2.75) is 32.3 Å². The molecular formula is C30H26N8O4S2. The average molecular weight is 627 g/mol. The van der Waals surface area contributed by atoms with Crippen molar-refractivity contribution in [1.82, 2.24) is 29.2 Å². The standard InChI is InChI=1S/C15H14N4O2S.C15H12N4O2S/c2*20-8-10-6-7-12(22-10)11-2-1-3-13-16-15(18-19(11)13)17-14(21)9-4-5-9/h1-3,6-7,9,20H,4-5,8H2,(H,17,18,21);1-3,6-9H,4-5H2,(H,17,18,21). The predicted molar refractivity (Wildman–Crippen MR) is 167 cm³/mol. The molecule has 2 amide bonds. The van der Waals surface area contributed by atoms with E-state index in [0.717, 1.165) is 58.0 Å². The van der Waals surface area contributed by atoms with Gasteiger partial charge < -0.3 is 5.11 Å². The first-order valence-electron chi connectivity index (χ1n) is 14.1. The van der Waals surface area contributed by atoms with Crippen LogP contribution >= 0.6 is 22.7 Å². The molecule has 222 valence electrons. The smallest absolute Gasteiger partial charge is 0.249 e. The SMILES string of the molecule is O=C(Nc1nc2cccc(-c3ccc(CO)s3)n2n1)C1CC1.O=Cc1ccc(-c2cccc3nc(NC(=O)C4CC4)nn23)s1. The molecule has 2 fully saturated rings. The Morgan fingerprint density at radius 3 is 1.75 bits per heavy atom. The fourth-order valence-electron chi connectivity index (χ4n) is 4.56. The van der Waals surface area contributed by atoms with Gasteiger partial charge in [0, 0.05) is 16.7 Å². The summed E-state index contributed by atoms with van der Waals surface area (Å²) in [5.41, 5.74) is 3.07. The van der Waals surface area contributed by atoms with Crippen LogP contribution in [0.2, 0.25) is 0 Å². The van der Waals surface area contributed by atoms with Crippen LogP contribution in [0.15, 0.2) is 60.7 Å². The number of carbonyl (C=O) groups excluding carboxylic acids is 3. The number of hydrogen-bond donors (Lipinski definition) is 3. The van der Waals surface area contributed by atoms with Crippen molar-refractivity contribution in [3.63, 3.8) is 0 Å². The molecule has 0 atom stereocenters. The zero-order valence-corrected chi connectivity index (χ0v) is 24.8. The van der Waals surface area contributed by atoms with Gasteiger partial charge in [0.25, 0.3) is 0 Å². The van der Waals surface area contributed by atoms with Gasteiger partial charge in [0.1, 0.15) is 0 Å². The molecule has 14 heteroatoms. The van der Waals surface area contributed by atoms with Gasteiger partial charge in [-0.3, -0.25) is 25.0 Å². The summed E-state index contributed by atoms with van der Waals surface area (Å²) in [6.45, 7) is 0.0285. The molecule has 2 aliphatic carbocycles. The molecule has 0 saturated heterocycles. The molecule has 0 aliphatic heterocycles. The summed E-state index contributed by atoms with van der Waals surface area (Å²) in [6, 6.07) is 18.8. The van der Waals surface area contributed by atoms with Crippen molar-refractivity contribution >= 4 is 64.0 Å². The number of fused-ring (bicyclic) bond motifs is 2. The Labute approximate surface area is 258 Å². The molecule has 6 heterocycles. The Balaban J connectivity index is 0.000000142. The molecular weight excluding hydrogens is 601 g/mol. The summed E-state index contributed by atoms with van der Waals surface area (Å²) < 4.78 is 3.40. The lowest BCUT2D eigenvalue weighted by molar-refractivity contribution is -0.118. The van der Waals surface area contributed by atoms with Gasteiger partial charge in [0.2, 0.25) is 23.7 Å². The number of nitrogens with one attached hydrogen (secondary N) is 2. The van der Waals surface area contributed by atoms with E-state index in [1.54, 1.807) is 15.1 Å². The van der Waals surface area contributed by atoms with Crippen LogP contribution in [0.3, 0.4) is 0 Å². The normalized spacial score (nSPS) is 14.3. The van der Waals surface area contributed by atoms with Gasteiger partial charge in [0.15, 0.2) is 17.6 Å². The highest BCUT2D eigenvalue weighted by Gasteiger charge is 2.31. The fourth-order valence-corrected chi connectivity index (χ4v) is 6.27. The van der Waals surface area contributed by atoms with Crippen LogP contribution in [-0.2, 0) is 16.2 Å². The van der Waals surface area contributed by atoms with Gasteiger partial charge >= 0.3 is 0 Å². The van der Waals surface area contributed by atoms with E-state index in [1.165, 1.54) is 22.7 Å². The number of aldehydes is 1. The molecule has 0 aromatic carbocycles. The number of anilines is 2. The number of amides is 2. The molecule has 6 aromatic rings. The van der Waals surface area contributed by atoms with Gasteiger partial charge in [-0.15, -0.1) is 32.9 Å². The van der Waals surface area contributed by atoms with Crippen molar-refractivity contribution in [2.24, 2.45) is 11.8 Å². The first-order chi connectivity index (χ1) is 21.5. The second kappa shape index (κ2) is 11.7. The Kier molecular flexibility index (Phi) is 7.46. The van der Waals surface area contributed by atoms with E-state index in [0.29, 0.717) is 28.1 Å². The predicted octanol–water partition coefficient (Wildman–Crippen LogP) is 4.92. The third kappa shape index (κ3) is 5.86. The molecule has 0 spiro atoms. The molecule has 0 bridgehead atoms. The van der Waals surface area contributed by atoms with E-state index in [2.05, 4.69) is 30.8 Å². The quantitative estimate of drug-likeness (QED) is 0.201. The van der Waals surface area contributed by atoms with Crippen LogP contribution in [-0.4, -0.2) is 52.4 Å². The van der Waals surface area contributed by atoms with Crippen LogP contribution in [0.4, 0.5) is 11.9 Å². The molecule has 44 heavy (non-hydrogen) atoms. The van der Waals surface area contributed by atoms with Gasteiger partial charge in [-0.05, 0) is 74.2 Å². The second-order valence-corrected chi connectivity index (χ2v) is 12.8. The lowest BCUT2D eigenvalue weighted by Crippen LogP contribution is -2.14. The lowest BCUT2D eigenvalue weighted by Gasteiger charge is -2.00. The number of hydrogen-bond acceptors (Lipinski definition) is 10. The third-order valence-corrected chi connectivity index (χ3v) is 9.28. The van der Waals surface area contributed by atoms with Crippen LogP contribution in [0.5, 0.6) is 0 Å². The largest absolute Gasteiger partial charge is 0.391 e. The Morgan fingerprint density at radius 2 is 1.30 bits per heavy atom. The number of nitrogens with zero attached hydrogens (tertiary/aromatic N) is 6. The number of aliphatic hydroxyl groups excluding tert-OH is 1. The number of thiophene rings is 2. The highest BCUT2D eigenvalue weighted by Crippen LogP contribution is 2.32. The zero-order chi connectivity index (χ0) is 30.2. The topological polar surface area (TPSA) is 156 Å². The van der Waals surface area contributed by atoms with E-state index < -0.39 is 0 Å². The van der Waals surface area contributed by atoms with Gasteiger partial charge in [0.05, 0.1) is 32.6 Å². The zero-order valence-electron chi connectivity index (χ0n) is 23.2. The van der Waals surface area contributed by atoms with Gasteiger partial charge in [-0.25, -0.2) is 9.03 Å². The van der Waals surface area contributed by atoms with E-state index in [-0.39, 0.29) is 30.3 Å². The van der Waals surface area contributed by atoms with Crippen molar-refractivity contribution in [2.75, 3.05) is 10.6 Å². The van der Waals surface area contributed by atoms with Crippen molar-refractivity contribution in [3.05, 3.63) is 70.4 Å².